The third-order valence-corrected chi connectivity index (χ3v) is 7.45. The van der Waals surface area contributed by atoms with Crippen LogP contribution in [0.2, 0.25) is 0 Å². The summed E-state index contributed by atoms with van der Waals surface area (Å²) < 4.78 is 13.6. The van der Waals surface area contributed by atoms with Gasteiger partial charge in [0, 0.05) is 32.5 Å². The standard InChI is InChI=1S/C29H41FN6O7/c1-17(2)26-29(43)34-22(16-37)28(42)33-21(18-6-8-19(30)9-7-18)15-24(39)32-20(10-11-23(38)35-26)27(41)31-12-4-14-36-13-3-5-25(36)40/h6-9,17,20-22,26,37H,3-5,10-16H2,1-2H3,(H,31,41)(H,32,39)(H,33,42)(H,34,43)(H,35,38)/t20-,21+,22-,26+/m0/s1. The summed E-state index contributed by atoms with van der Waals surface area (Å²) in [6.45, 7) is 4.05. The van der Waals surface area contributed by atoms with Crippen LogP contribution >= 0.6 is 0 Å². The fraction of sp³-hybridized carbons (Fsp3) is 0.586. The Morgan fingerprint density at radius 1 is 1.00 bits per heavy atom. The Hall–Kier alpha value is -4.07. The normalized spacial score (nSPS) is 24.4. The number of carbonyl (C=O) groups excluding carboxylic acids is 6. The molecule has 2 aliphatic rings. The van der Waals surface area contributed by atoms with Crippen LogP contribution in [-0.4, -0.2) is 89.8 Å². The van der Waals surface area contributed by atoms with Crippen molar-refractivity contribution in [2.45, 2.75) is 76.5 Å². The van der Waals surface area contributed by atoms with Crippen LogP contribution in [0, 0.1) is 11.7 Å². The highest BCUT2D eigenvalue weighted by Gasteiger charge is 2.32. The maximum atomic E-state index is 13.6. The number of aliphatic hydroxyl groups is 1. The van der Waals surface area contributed by atoms with E-state index in [1.54, 1.807) is 18.7 Å². The molecule has 0 aromatic heterocycles. The van der Waals surface area contributed by atoms with Crippen molar-refractivity contribution in [1.29, 1.82) is 0 Å². The molecule has 0 aliphatic carbocycles. The monoisotopic (exact) mass is 604 g/mol. The van der Waals surface area contributed by atoms with E-state index in [0.29, 0.717) is 31.5 Å². The van der Waals surface area contributed by atoms with Crippen molar-refractivity contribution < 1.29 is 38.3 Å². The number of hydrogen-bond acceptors (Lipinski definition) is 7. The van der Waals surface area contributed by atoms with Gasteiger partial charge in [-0.05, 0) is 42.9 Å². The number of amides is 6. The topological polar surface area (TPSA) is 186 Å². The molecule has 14 heteroatoms. The van der Waals surface area contributed by atoms with Gasteiger partial charge in [0.1, 0.15) is 23.9 Å². The highest BCUT2D eigenvalue weighted by molar-refractivity contribution is 5.93. The lowest BCUT2D eigenvalue weighted by Crippen LogP contribution is -2.56. The molecular formula is C29H41FN6O7. The summed E-state index contributed by atoms with van der Waals surface area (Å²) in [5.41, 5.74) is 0.381. The summed E-state index contributed by atoms with van der Waals surface area (Å²) in [7, 11) is 0. The van der Waals surface area contributed by atoms with Gasteiger partial charge < -0.3 is 36.6 Å². The van der Waals surface area contributed by atoms with Crippen LogP contribution < -0.4 is 26.6 Å². The Balaban J connectivity index is 1.80. The lowest BCUT2D eigenvalue weighted by atomic mass is 10.0. The number of benzene rings is 1. The molecule has 2 aliphatic heterocycles. The molecule has 43 heavy (non-hydrogen) atoms. The average molecular weight is 605 g/mol. The molecule has 1 aromatic carbocycles. The molecule has 0 bridgehead atoms. The summed E-state index contributed by atoms with van der Waals surface area (Å²) in [6.07, 6.45) is 1.20. The minimum atomic E-state index is -1.39. The van der Waals surface area contributed by atoms with Crippen LogP contribution in [0.5, 0.6) is 0 Å². The molecule has 2 fully saturated rings. The van der Waals surface area contributed by atoms with Crippen molar-refractivity contribution in [1.82, 2.24) is 31.5 Å². The number of halogens is 1. The predicted molar refractivity (Wildman–Crippen MR) is 152 cm³/mol. The molecule has 0 radical (unpaired) electrons. The molecule has 2 heterocycles. The maximum Gasteiger partial charge on any atom is 0.245 e. The van der Waals surface area contributed by atoms with Gasteiger partial charge in [-0.25, -0.2) is 4.39 Å². The summed E-state index contributed by atoms with van der Waals surface area (Å²) in [6, 6.07) is 0.568. The number of carbonyl (C=O) groups is 6. The average Bonchev–Trinajstić information content (AvgIpc) is 3.38. The molecule has 6 amide bonds. The first-order valence-electron chi connectivity index (χ1n) is 14.6. The van der Waals surface area contributed by atoms with Crippen LogP contribution in [0.3, 0.4) is 0 Å². The lowest BCUT2D eigenvalue weighted by Gasteiger charge is -2.26. The third kappa shape index (κ3) is 10.0. The Morgan fingerprint density at radius 3 is 2.35 bits per heavy atom. The molecule has 0 saturated carbocycles. The van der Waals surface area contributed by atoms with Gasteiger partial charge in [0.25, 0.3) is 0 Å². The van der Waals surface area contributed by atoms with Gasteiger partial charge in [-0.2, -0.15) is 0 Å². The van der Waals surface area contributed by atoms with Crippen LogP contribution in [0.4, 0.5) is 4.39 Å². The van der Waals surface area contributed by atoms with E-state index < -0.39 is 66.1 Å². The summed E-state index contributed by atoms with van der Waals surface area (Å²) in [5.74, 6) is -4.02. The van der Waals surface area contributed by atoms with Crippen LogP contribution in [0.1, 0.15) is 64.0 Å². The fourth-order valence-electron chi connectivity index (χ4n) is 4.98. The molecular weight excluding hydrogens is 563 g/mol. The van der Waals surface area contributed by atoms with Gasteiger partial charge in [0.05, 0.1) is 19.1 Å². The van der Waals surface area contributed by atoms with E-state index in [1.165, 1.54) is 12.1 Å². The smallest absolute Gasteiger partial charge is 0.245 e. The maximum absolute atomic E-state index is 13.6. The van der Waals surface area contributed by atoms with Gasteiger partial charge >= 0.3 is 0 Å². The first-order valence-corrected chi connectivity index (χ1v) is 14.6. The van der Waals surface area contributed by atoms with Gasteiger partial charge in [-0.15, -0.1) is 0 Å². The Bertz CT molecular complexity index is 1180. The SMILES string of the molecule is CC(C)[C@H]1NC(=O)CC[C@@H](C(=O)NCCCN2CCCC2=O)NC(=O)C[C@H](c2ccc(F)cc2)NC(=O)[C@H](CO)NC1=O. The Morgan fingerprint density at radius 2 is 1.72 bits per heavy atom. The van der Waals surface area contributed by atoms with Crippen molar-refractivity contribution in [2.24, 2.45) is 5.92 Å². The van der Waals surface area contributed by atoms with E-state index in [2.05, 4.69) is 26.6 Å². The minimum Gasteiger partial charge on any atom is -0.394 e. The summed E-state index contributed by atoms with van der Waals surface area (Å²) in [4.78, 5) is 78.8. The minimum absolute atomic E-state index is 0.0761. The molecule has 0 spiro atoms. The lowest BCUT2D eigenvalue weighted by molar-refractivity contribution is -0.134. The quantitative estimate of drug-likeness (QED) is 0.214. The first kappa shape index (κ1) is 33.4. The fourth-order valence-corrected chi connectivity index (χ4v) is 4.98. The van der Waals surface area contributed by atoms with Gasteiger partial charge in [0.2, 0.25) is 35.4 Å². The number of rotatable bonds is 8. The largest absolute Gasteiger partial charge is 0.394 e. The first-order chi connectivity index (χ1) is 20.5. The summed E-state index contributed by atoms with van der Waals surface area (Å²) >= 11 is 0. The molecule has 1 aromatic rings. The zero-order chi connectivity index (χ0) is 31.5. The van der Waals surface area contributed by atoms with Crippen molar-refractivity contribution in [3.8, 4) is 0 Å². The highest BCUT2D eigenvalue weighted by Crippen LogP contribution is 2.19. The van der Waals surface area contributed by atoms with Crippen molar-refractivity contribution in [3.63, 3.8) is 0 Å². The van der Waals surface area contributed by atoms with Crippen molar-refractivity contribution in [3.05, 3.63) is 35.6 Å². The molecule has 2 saturated heterocycles. The van der Waals surface area contributed by atoms with Gasteiger partial charge in [-0.1, -0.05) is 26.0 Å². The molecule has 236 valence electrons. The molecule has 13 nitrogen and oxygen atoms in total. The second kappa shape index (κ2) is 16.0. The van der Waals surface area contributed by atoms with E-state index in [-0.39, 0.29) is 37.6 Å². The van der Waals surface area contributed by atoms with E-state index >= 15 is 0 Å². The van der Waals surface area contributed by atoms with Gasteiger partial charge in [0.15, 0.2) is 0 Å². The Labute approximate surface area is 249 Å². The third-order valence-electron chi connectivity index (χ3n) is 7.45. The van der Waals surface area contributed by atoms with Gasteiger partial charge in [-0.3, -0.25) is 28.8 Å². The zero-order valence-electron chi connectivity index (χ0n) is 24.5. The second-order valence-electron chi connectivity index (χ2n) is 11.1. The predicted octanol–water partition coefficient (Wildman–Crippen LogP) is -0.602. The molecule has 3 rings (SSSR count). The zero-order valence-corrected chi connectivity index (χ0v) is 24.5. The Kier molecular flexibility index (Phi) is 12.4. The number of aliphatic hydroxyl groups excluding tert-OH is 1. The number of nitrogens with zero attached hydrogens (tertiary/aromatic N) is 1. The number of nitrogens with one attached hydrogen (secondary N) is 5. The van der Waals surface area contributed by atoms with E-state index in [4.69, 9.17) is 0 Å². The second-order valence-corrected chi connectivity index (χ2v) is 11.1. The van der Waals surface area contributed by atoms with Crippen molar-refractivity contribution in [2.75, 3.05) is 26.2 Å². The highest BCUT2D eigenvalue weighted by atomic mass is 19.1. The molecule has 0 unspecified atom stereocenters. The molecule has 4 atom stereocenters. The van der Waals surface area contributed by atoms with Crippen LogP contribution in [0.25, 0.3) is 0 Å². The molecule has 6 N–H and O–H groups in total. The van der Waals surface area contributed by atoms with Crippen molar-refractivity contribution >= 4 is 35.4 Å². The van der Waals surface area contributed by atoms with E-state index in [1.807, 2.05) is 0 Å². The van der Waals surface area contributed by atoms with Crippen LogP contribution in [-0.2, 0) is 28.8 Å². The summed E-state index contributed by atoms with van der Waals surface area (Å²) in [5, 5.41) is 22.9. The van der Waals surface area contributed by atoms with Crippen LogP contribution in [0.15, 0.2) is 24.3 Å². The number of likely N-dealkylation sites (tertiary alicyclic amines) is 1. The van der Waals surface area contributed by atoms with E-state index in [9.17, 15) is 38.3 Å². The number of hydrogen-bond donors (Lipinski definition) is 6. The van der Waals surface area contributed by atoms with E-state index in [0.717, 1.165) is 18.6 Å².